The fourth-order valence-corrected chi connectivity index (χ4v) is 11.0. The van der Waals surface area contributed by atoms with Crippen LogP contribution < -0.4 is 0 Å². The van der Waals surface area contributed by atoms with Crippen LogP contribution in [-0.2, 0) is 23.1 Å². The highest BCUT2D eigenvalue weighted by molar-refractivity contribution is 6.74. The molecule has 0 aromatic carbocycles. The van der Waals surface area contributed by atoms with Crippen LogP contribution in [0.25, 0.3) is 0 Å². The number of allylic oxidation sites excluding steroid dienone is 1. The topological polar surface area (TPSA) is 54.0 Å². The van der Waals surface area contributed by atoms with Gasteiger partial charge in [0.15, 0.2) is 22.4 Å². The number of ether oxygens (including phenoxy) is 2. The fourth-order valence-electron chi connectivity index (χ4n) is 6.94. The lowest BCUT2D eigenvalue weighted by atomic mass is 9.48. The van der Waals surface area contributed by atoms with E-state index >= 15 is 0 Å². The number of ketones is 1. The van der Waals surface area contributed by atoms with Gasteiger partial charge in [-0.05, 0) is 93.0 Å². The van der Waals surface area contributed by atoms with E-state index < -0.39 is 16.6 Å². The molecule has 4 atom stereocenters. The van der Waals surface area contributed by atoms with Crippen molar-refractivity contribution in [1.82, 2.24) is 0 Å². The fraction of sp³-hybridized carbons (Fsp3) is 0.906. The molecule has 0 bridgehead atoms. The number of fused-ring (bicyclic) bond motifs is 1. The van der Waals surface area contributed by atoms with Crippen molar-refractivity contribution in [3.05, 3.63) is 11.8 Å². The van der Waals surface area contributed by atoms with Gasteiger partial charge in [0.05, 0.1) is 19.0 Å². The molecule has 0 unspecified atom stereocenters. The summed E-state index contributed by atoms with van der Waals surface area (Å²) in [4.78, 5) is 14.0. The van der Waals surface area contributed by atoms with Gasteiger partial charge in [0.1, 0.15) is 6.61 Å². The lowest BCUT2D eigenvalue weighted by Gasteiger charge is -2.58. The lowest BCUT2D eigenvalue weighted by molar-refractivity contribution is -0.151. The average molecular weight is 583 g/mol. The number of hydrogen-bond acceptors (Lipinski definition) is 5. The molecule has 0 radical (unpaired) electrons. The molecule has 2 rings (SSSR count). The van der Waals surface area contributed by atoms with E-state index in [1.54, 1.807) is 6.26 Å². The van der Waals surface area contributed by atoms with Crippen molar-refractivity contribution in [3.8, 4) is 0 Å². The normalized spacial score (nSPS) is 29.5. The highest BCUT2D eigenvalue weighted by Gasteiger charge is 2.59. The smallest absolute Gasteiger partial charge is 0.192 e. The average Bonchev–Trinajstić information content (AvgIpc) is 2.88. The zero-order valence-corrected chi connectivity index (χ0v) is 29.5. The minimum Gasteiger partial charge on any atom is -0.498 e. The third-order valence-corrected chi connectivity index (χ3v) is 20.2. The van der Waals surface area contributed by atoms with E-state index in [2.05, 4.69) is 68.5 Å². The molecule has 0 spiro atoms. The van der Waals surface area contributed by atoms with E-state index in [1.807, 2.05) is 6.92 Å². The van der Waals surface area contributed by atoms with E-state index in [9.17, 15) is 4.79 Å². The summed E-state index contributed by atoms with van der Waals surface area (Å²) in [7, 11) is -3.58. The van der Waals surface area contributed by atoms with Crippen LogP contribution in [0.4, 0.5) is 0 Å². The summed E-state index contributed by atoms with van der Waals surface area (Å²) in [5.41, 5.74) is 0.447. The first kappa shape index (κ1) is 34.7. The maximum atomic E-state index is 14.0. The second-order valence-electron chi connectivity index (χ2n) is 14.2. The third-order valence-electron chi connectivity index (χ3n) is 11.0. The Kier molecular flexibility index (Phi) is 12.6. The van der Waals surface area contributed by atoms with Crippen molar-refractivity contribution < 1.29 is 23.1 Å². The Morgan fingerprint density at radius 2 is 1.62 bits per heavy atom. The Hall–Kier alpha value is -0.476. The van der Waals surface area contributed by atoms with Gasteiger partial charge in [-0.15, -0.1) is 0 Å². The lowest BCUT2D eigenvalue weighted by Crippen LogP contribution is -2.59. The van der Waals surface area contributed by atoms with Crippen LogP contribution in [0.2, 0.25) is 36.3 Å². The first-order chi connectivity index (χ1) is 18.2. The first-order valence-corrected chi connectivity index (χ1v) is 21.3. The maximum absolute atomic E-state index is 14.0. The molecule has 0 aliphatic heterocycles. The number of carbonyl (C=O) groups is 1. The molecule has 2 aliphatic rings. The molecular weight excluding hydrogens is 521 g/mol. The van der Waals surface area contributed by atoms with Crippen LogP contribution in [0.15, 0.2) is 11.8 Å². The number of Topliss-reactive ketones (excluding diaryl/α,β-unsaturated/α-hetero) is 1. The molecule has 0 amide bonds. The Morgan fingerprint density at radius 3 is 2.18 bits per heavy atom. The number of carbonyl (C=O) groups excluding carboxylic acids is 1. The highest BCUT2D eigenvalue weighted by atomic mass is 28.4. The Labute approximate surface area is 243 Å². The molecule has 39 heavy (non-hydrogen) atoms. The highest BCUT2D eigenvalue weighted by Crippen LogP contribution is 2.60. The van der Waals surface area contributed by atoms with Gasteiger partial charge in [0.2, 0.25) is 0 Å². The van der Waals surface area contributed by atoms with E-state index in [1.165, 1.54) is 0 Å². The summed E-state index contributed by atoms with van der Waals surface area (Å²) in [5, 5.41) is 0.212. The zero-order valence-electron chi connectivity index (χ0n) is 27.5. The van der Waals surface area contributed by atoms with Crippen molar-refractivity contribution in [2.45, 2.75) is 143 Å². The molecule has 0 aromatic rings. The monoisotopic (exact) mass is 582 g/mol. The second kappa shape index (κ2) is 14.1. The van der Waals surface area contributed by atoms with E-state index in [0.29, 0.717) is 31.5 Å². The van der Waals surface area contributed by atoms with Crippen LogP contribution >= 0.6 is 0 Å². The summed E-state index contributed by atoms with van der Waals surface area (Å²) in [5.74, 6) is 0.601. The standard InChI is InChI=1S/C32H62O5Si2/c1-12-34-23-24-35-25-26-17-18-27-31(8,20-16-22-36-38(10,11)30(5,6)7)28(19-21-32(27,9)29(26)33)37-39(13-2,14-3)15-4/h25,27-28H,12-24H2,1-11H3/b26-25-/t27-,28+,31-,32+/m0/s1. The molecule has 0 heterocycles. The summed E-state index contributed by atoms with van der Waals surface area (Å²) in [6.07, 6.45) is 7.68. The quantitative estimate of drug-likeness (QED) is 0.0835. The Bertz CT molecular complexity index is 808. The molecule has 2 fully saturated rings. The Balaban J connectivity index is 2.29. The molecule has 7 heteroatoms. The van der Waals surface area contributed by atoms with Crippen LogP contribution in [0, 0.1) is 16.7 Å². The zero-order chi connectivity index (χ0) is 29.5. The molecular formula is C32H62O5Si2. The molecule has 2 saturated carbocycles. The van der Waals surface area contributed by atoms with Crippen LogP contribution in [0.1, 0.15) is 101 Å². The minimum atomic E-state index is -1.79. The van der Waals surface area contributed by atoms with Gasteiger partial charge in [-0.2, -0.15) is 0 Å². The van der Waals surface area contributed by atoms with E-state index in [4.69, 9.17) is 18.3 Å². The van der Waals surface area contributed by atoms with Crippen molar-refractivity contribution >= 4 is 22.4 Å². The molecule has 0 aromatic heterocycles. The van der Waals surface area contributed by atoms with Gasteiger partial charge < -0.3 is 18.3 Å². The van der Waals surface area contributed by atoms with Gasteiger partial charge in [-0.25, -0.2) is 0 Å². The molecule has 0 N–H and O–H groups in total. The summed E-state index contributed by atoms with van der Waals surface area (Å²) >= 11 is 0. The molecule has 5 nitrogen and oxygen atoms in total. The predicted molar refractivity (Wildman–Crippen MR) is 168 cm³/mol. The van der Waals surface area contributed by atoms with Gasteiger partial charge in [0.25, 0.3) is 0 Å². The SMILES string of the molecule is CCOCCO/C=C1/CC[C@H]2[C@](C)(CCCO[Si](C)(C)C(C)(C)C)[C@H](O[Si](CC)(CC)CC)CC[C@@]2(C)C1=O. The first-order valence-electron chi connectivity index (χ1n) is 15.9. The maximum Gasteiger partial charge on any atom is 0.192 e. The number of rotatable bonds is 15. The van der Waals surface area contributed by atoms with Gasteiger partial charge >= 0.3 is 0 Å². The van der Waals surface area contributed by atoms with E-state index in [-0.39, 0.29) is 22.0 Å². The van der Waals surface area contributed by atoms with Crippen molar-refractivity contribution in [3.63, 3.8) is 0 Å². The van der Waals surface area contributed by atoms with Crippen LogP contribution in [-0.4, -0.2) is 54.9 Å². The van der Waals surface area contributed by atoms with Gasteiger partial charge in [0, 0.05) is 24.2 Å². The number of hydrogen-bond donors (Lipinski definition) is 0. The largest absolute Gasteiger partial charge is 0.498 e. The summed E-state index contributed by atoms with van der Waals surface area (Å²) in [6, 6.07) is 3.48. The second-order valence-corrected chi connectivity index (χ2v) is 23.7. The molecule has 0 saturated heterocycles. The van der Waals surface area contributed by atoms with Gasteiger partial charge in [-0.3, -0.25) is 4.79 Å². The van der Waals surface area contributed by atoms with Crippen molar-refractivity contribution in [1.29, 1.82) is 0 Å². The van der Waals surface area contributed by atoms with Crippen molar-refractivity contribution in [2.75, 3.05) is 26.4 Å². The third kappa shape index (κ3) is 7.88. The molecule has 2 aliphatic carbocycles. The predicted octanol–water partition coefficient (Wildman–Crippen LogP) is 8.90. The van der Waals surface area contributed by atoms with Crippen LogP contribution in [0.3, 0.4) is 0 Å². The van der Waals surface area contributed by atoms with Crippen LogP contribution in [0.5, 0.6) is 0 Å². The summed E-state index contributed by atoms with van der Waals surface area (Å²) in [6.45, 7) is 27.8. The van der Waals surface area contributed by atoms with Gasteiger partial charge in [-0.1, -0.05) is 55.4 Å². The summed E-state index contributed by atoms with van der Waals surface area (Å²) < 4.78 is 25.0. The van der Waals surface area contributed by atoms with E-state index in [0.717, 1.165) is 68.8 Å². The molecule has 228 valence electrons. The van der Waals surface area contributed by atoms with Crippen molar-refractivity contribution in [2.24, 2.45) is 16.7 Å². The minimum absolute atomic E-state index is 0.0431. The Morgan fingerprint density at radius 1 is 0.974 bits per heavy atom.